The van der Waals surface area contributed by atoms with Gasteiger partial charge in [0.05, 0.1) is 0 Å². The van der Waals surface area contributed by atoms with Crippen molar-refractivity contribution in [2.24, 2.45) is 5.92 Å². The summed E-state index contributed by atoms with van der Waals surface area (Å²) in [5.41, 5.74) is 1.01. The van der Waals surface area contributed by atoms with Gasteiger partial charge >= 0.3 is 0 Å². The zero-order chi connectivity index (χ0) is 12.4. The highest BCUT2D eigenvalue weighted by Gasteiger charge is 2.31. The van der Waals surface area contributed by atoms with Crippen LogP contribution in [0.2, 0.25) is 0 Å². The van der Waals surface area contributed by atoms with E-state index in [0.29, 0.717) is 6.04 Å². The molecule has 1 unspecified atom stereocenters. The molecule has 0 amide bonds. The van der Waals surface area contributed by atoms with Crippen molar-refractivity contribution in [3.05, 3.63) is 11.8 Å². The van der Waals surface area contributed by atoms with Crippen molar-refractivity contribution in [1.29, 1.82) is 0 Å². The molecule has 2 rings (SSSR count). The molecule has 1 aromatic heterocycles. The van der Waals surface area contributed by atoms with Crippen LogP contribution in [0, 0.1) is 12.8 Å². The molecule has 1 aromatic rings. The summed E-state index contributed by atoms with van der Waals surface area (Å²) in [5.74, 6) is 2.60. The number of nitrogens with one attached hydrogen (secondary N) is 1. The van der Waals surface area contributed by atoms with E-state index in [4.69, 9.17) is 0 Å². The summed E-state index contributed by atoms with van der Waals surface area (Å²) >= 11 is 0. The molecule has 1 N–H and O–H groups in total. The first-order valence-electron chi connectivity index (χ1n) is 6.44. The molecule has 0 radical (unpaired) electrons. The second kappa shape index (κ2) is 4.90. The van der Waals surface area contributed by atoms with Crippen LogP contribution in [0.25, 0.3) is 0 Å². The Bertz CT molecular complexity index is 387. The van der Waals surface area contributed by atoms with Gasteiger partial charge in [-0.05, 0) is 39.5 Å². The average Bonchev–Trinajstić information content (AvgIpc) is 3.10. The average molecular weight is 234 g/mol. The number of rotatable bonds is 5. The van der Waals surface area contributed by atoms with Crippen molar-refractivity contribution < 1.29 is 0 Å². The third-order valence-corrected chi connectivity index (χ3v) is 3.45. The van der Waals surface area contributed by atoms with Crippen molar-refractivity contribution in [3.8, 4) is 0 Å². The van der Waals surface area contributed by atoms with Crippen molar-refractivity contribution in [2.75, 3.05) is 23.8 Å². The number of nitrogens with zero attached hydrogens (tertiary/aromatic N) is 3. The lowest BCUT2D eigenvalue weighted by molar-refractivity contribution is 0.603. The van der Waals surface area contributed by atoms with E-state index in [9.17, 15) is 0 Å². The van der Waals surface area contributed by atoms with Gasteiger partial charge < -0.3 is 10.2 Å². The maximum absolute atomic E-state index is 4.56. The Kier molecular flexibility index (Phi) is 3.50. The van der Waals surface area contributed by atoms with Gasteiger partial charge in [-0.25, -0.2) is 4.98 Å². The first-order chi connectivity index (χ1) is 8.11. The monoisotopic (exact) mass is 234 g/mol. The van der Waals surface area contributed by atoms with Gasteiger partial charge in [0, 0.05) is 31.4 Å². The molecule has 1 aliphatic carbocycles. The molecule has 94 valence electrons. The number of anilines is 2. The summed E-state index contributed by atoms with van der Waals surface area (Å²) in [5, 5.41) is 3.18. The molecule has 1 heterocycles. The van der Waals surface area contributed by atoms with Gasteiger partial charge in [-0.15, -0.1) is 0 Å². The molecule has 1 saturated carbocycles. The lowest BCUT2D eigenvalue weighted by atomic mass is 10.2. The molecule has 4 nitrogen and oxygen atoms in total. The van der Waals surface area contributed by atoms with Gasteiger partial charge in [0.25, 0.3) is 0 Å². The van der Waals surface area contributed by atoms with E-state index in [1.165, 1.54) is 12.8 Å². The van der Waals surface area contributed by atoms with Gasteiger partial charge in [0.1, 0.15) is 5.82 Å². The summed E-state index contributed by atoms with van der Waals surface area (Å²) in [7, 11) is 2.13. The number of aromatic nitrogens is 2. The highest BCUT2D eigenvalue weighted by molar-refractivity contribution is 5.45. The van der Waals surface area contributed by atoms with E-state index in [2.05, 4.69) is 47.1 Å². The Morgan fingerprint density at radius 2 is 2.18 bits per heavy atom. The highest BCUT2D eigenvalue weighted by Crippen LogP contribution is 2.35. The summed E-state index contributed by atoms with van der Waals surface area (Å²) < 4.78 is 0. The smallest absolute Gasteiger partial charge is 0.224 e. The molecule has 0 aliphatic heterocycles. The lowest BCUT2D eigenvalue weighted by Gasteiger charge is -2.26. The molecule has 0 spiro atoms. The summed E-state index contributed by atoms with van der Waals surface area (Å²) in [6, 6.07) is 2.62. The molecule has 0 saturated heterocycles. The van der Waals surface area contributed by atoms with Crippen molar-refractivity contribution >= 4 is 11.8 Å². The van der Waals surface area contributed by atoms with Crippen LogP contribution in [0.1, 0.15) is 32.4 Å². The van der Waals surface area contributed by atoms with E-state index in [1.54, 1.807) is 0 Å². The largest absolute Gasteiger partial charge is 0.357 e. The Labute approximate surface area is 103 Å². The molecule has 17 heavy (non-hydrogen) atoms. The first-order valence-corrected chi connectivity index (χ1v) is 6.44. The van der Waals surface area contributed by atoms with Crippen LogP contribution in [0.3, 0.4) is 0 Å². The topological polar surface area (TPSA) is 41.1 Å². The van der Waals surface area contributed by atoms with Gasteiger partial charge in [-0.1, -0.05) is 0 Å². The molecule has 0 aromatic carbocycles. The van der Waals surface area contributed by atoms with Crippen molar-refractivity contribution in [1.82, 2.24) is 9.97 Å². The first kappa shape index (κ1) is 12.1. The van der Waals surface area contributed by atoms with Crippen molar-refractivity contribution in [2.45, 2.75) is 39.7 Å². The van der Waals surface area contributed by atoms with Gasteiger partial charge in [0.2, 0.25) is 5.95 Å². The number of hydrogen-bond acceptors (Lipinski definition) is 4. The summed E-state index contributed by atoms with van der Waals surface area (Å²) in [4.78, 5) is 11.2. The third-order valence-electron chi connectivity index (χ3n) is 3.45. The van der Waals surface area contributed by atoms with Gasteiger partial charge in [-0.2, -0.15) is 4.98 Å². The summed E-state index contributed by atoms with van der Waals surface area (Å²) in [6.45, 7) is 7.20. The van der Waals surface area contributed by atoms with Crippen molar-refractivity contribution in [3.63, 3.8) is 0 Å². The molecular weight excluding hydrogens is 212 g/mol. The zero-order valence-electron chi connectivity index (χ0n) is 11.2. The predicted octanol–water partition coefficient (Wildman–Crippen LogP) is 2.45. The van der Waals surface area contributed by atoms with Crippen LogP contribution in [0.15, 0.2) is 6.07 Å². The number of aryl methyl sites for hydroxylation is 1. The second-order valence-electron chi connectivity index (χ2n) is 4.91. The fraction of sp³-hybridized carbons (Fsp3) is 0.692. The van der Waals surface area contributed by atoms with Gasteiger partial charge in [-0.3, -0.25) is 0 Å². The highest BCUT2D eigenvalue weighted by atomic mass is 15.2. The minimum atomic E-state index is 0.568. The molecule has 1 aliphatic rings. The van der Waals surface area contributed by atoms with Gasteiger partial charge in [0.15, 0.2) is 0 Å². The molecule has 4 heteroatoms. The minimum absolute atomic E-state index is 0.568. The standard InChI is InChI=1S/C13H22N4/c1-5-14-13-15-9(2)8-12(16-13)17(4)10(3)11-6-7-11/h8,10-11H,5-7H2,1-4H3,(H,14,15,16). The fourth-order valence-electron chi connectivity index (χ4n) is 2.07. The molecular formula is C13H22N4. The summed E-state index contributed by atoms with van der Waals surface area (Å²) in [6.07, 6.45) is 2.71. The Hall–Kier alpha value is -1.32. The molecule has 0 bridgehead atoms. The third kappa shape index (κ3) is 2.87. The maximum atomic E-state index is 4.56. The number of hydrogen-bond donors (Lipinski definition) is 1. The van der Waals surface area contributed by atoms with E-state index >= 15 is 0 Å². The Morgan fingerprint density at radius 3 is 2.76 bits per heavy atom. The second-order valence-corrected chi connectivity index (χ2v) is 4.91. The Morgan fingerprint density at radius 1 is 1.47 bits per heavy atom. The minimum Gasteiger partial charge on any atom is -0.357 e. The van der Waals surface area contributed by atoms with E-state index in [1.807, 2.05) is 6.92 Å². The van der Waals surface area contributed by atoms with Crippen LogP contribution in [-0.2, 0) is 0 Å². The SMILES string of the molecule is CCNc1nc(C)cc(N(C)C(C)C2CC2)n1. The van der Waals surface area contributed by atoms with E-state index in [0.717, 1.165) is 29.9 Å². The van der Waals surface area contributed by atoms with Crippen LogP contribution in [0.5, 0.6) is 0 Å². The van der Waals surface area contributed by atoms with E-state index < -0.39 is 0 Å². The Balaban J connectivity index is 2.18. The van der Waals surface area contributed by atoms with Crippen LogP contribution >= 0.6 is 0 Å². The lowest BCUT2D eigenvalue weighted by Crippen LogP contribution is -2.31. The molecule has 1 fully saturated rings. The molecule has 1 atom stereocenters. The van der Waals surface area contributed by atoms with Crippen LogP contribution < -0.4 is 10.2 Å². The normalized spacial score (nSPS) is 16.7. The van der Waals surface area contributed by atoms with Crippen LogP contribution in [-0.4, -0.2) is 29.6 Å². The predicted molar refractivity (Wildman–Crippen MR) is 71.5 cm³/mol. The van der Waals surface area contributed by atoms with Crippen LogP contribution in [0.4, 0.5) is 11.8 Å². The fourth-order valence-corrected chi connectivity index (χ4v) is 2.07. The maximum Gasteiger partial charge on any atom is 0.224 e. The quantitative estimate of drug-likeness (QED) is 0.849. The zero-order valence-corrected chi connectivity index (χ0v) is 11.2. The van der Waals surface area contributed by atoms with E-state index in [-0.39, 0.29) is 0 Å².